The fraction of sp³-hybridized carbons (Fsp3) is 0.296. The monoisotopic (exact) mass is 518 g/mol. The summed E-state index contributed by atoms with van der Waals surface area (Å²) in [6, 6.07) is 16.9. The topological polar surface area (TPSA) is 113 Å². The number of phenolic OH excluding ortho intramolecular Hbond substituents is 1. The van der Waals surface area contributed by atoms with Gasteiger partial charge in [-0.25, -0.2) is 0 Å². The summed E-state index contributed by atoms with van der Waals surface area (Å²) in [5, 5.41) is 27.3. The number of thiophene rings is 1. The minimum absolute atomic E-state index is 0.0744. The Labute approximate surface area is 219 Å². The summed E-state index contributed by atoms with van der Waals surface area (Å²) in [5.41, 5.74) is 1.98. The molecule has 1 atom stereocenters. The van der Waals surface area contributed by atoms with Crippen molar-refractivity contribution in [2.75, 3.05) is 0 Å². The predicted molar refractivity (Wildman–Crippen MR) is 142 cm³/mol. The van der Waals surface area contributed by atoms with Gasteiger partial charge >= 0.3 is 0 Å². The van der Waals surface area contributed by atoms with Crippen molar-refractivity contribution in [3.63, 3.8) is 0 Å². The molecule has 0 fully saturated rings. The molecule has 4 rings (SSSR count). The van der Waals surface area contributed by atoms with Crippen molar-refractivity contribution in [1.82, 2.24) is 30.4 Å². The van der Waals surface area contributed by atoms with Crippen LogP contribution in [0.4, 0.5) is 0 Å². The SMILES string of the molecule is Cc1ccc(-c2nnn(CC(=O)N(Cc3cccs3)[C@@H](C(=O)NC(C)(C)C)c3ccc(O)cc3)n2)cc1. The van der Waals surface area contributed by atoms with Crippen LogP contribution in [-0.4, -0.2) is 47.6 Å². The Morgan fingerprint density at radius 2 is 1.78 bits per heavy atom. The van der Waals surface area contributed by atoms with Crippen molar-refractivity contribution in [1.29, 1.82) is 0 Å². The second-order valence-electron chi connectivity index (χ2n) is 9.84. The smallest absolute Gasteiger partial charge is 0.247 e. The molecular weight excluding hydrogens is 488 g/mol. The lowest BCUT2D eigenvalue weighted by Gasteiger charge is -2.33. The molecule has 2 aromatic carbocycles. The lowest BCUT2D eigenvalue weighted by atomic mass is 10.0. The average molecular weight is 519 g/mol. The van der Waals surface area contributed by atoms with E-state index in [4.69, 9.17) is 0 Å². The molecule has 2 heterocycles. The maximum atomic E-state index is 13.8. The highest BCUT2D eigenvalue weighted by molar-refractivity contribution is 7.09. The molecule has 2 amide bonds. The molecule has 0 radical (unpaired) electrons. The summed E-state index contributed by atoms with van der Waals surface area (Å²) in [7, 11) is 0. The summed E-state index contributed by atoms with van der Waals surface area (Å²) in [5.74, 6) is -0.179. The van der Waals surface area contributed by atoms with Crippen LogP contribution in [0.15, 0.2) is 66.0 Å². The molecule has 0 aliphatic carbocycles. The number of aryl methyl sites for hydroxylation is 1. The van der Waals surface area contributed by atoms with Crippen LogP contribution in [0.2, 0.25) is 0 Å². The number of amides is 2. The average Bonchev–Trinajstić information content (AvgIpc) is 3.51. The van der Waals surface area contributed by atoms with E-state index in [0.29, 0.717) is 11.4 Å². The van der Waals surface area contributed by atoms with Gasteiger partial charge in [-0.3, -0.25) is 9.59 Å². The summed E-state index contributed by atoms with van der Waals surface area (Å²) in [6.07, 6.45) is 0. The number of tetrazole rings is 1. The summed E-state index contributed by atoms with van der Waals surface area (Å²) >= 11 is 1.50. The van der Waals surface area contributed by atoms with Gasteiger partial charge in [0.25, 0.3) is 0 Å². The van der Waals surface area contributed by atoms with Crippen LogP contribution in [0.25, 0.3) is 11.4 Å². The van der Waals surface area contributed by atoms with E-state index in [0.717, 1.165) is 16.0 Å². The fourth-order valence-electron chi connectivity index (χ4n) is 3.80. The van der Waals surface area contributed by atoms with E-state index in [2.05, 4.69) is 20.7 Å². The number of benzene rings is 2. The summed E-state index contributed by atoms with van der Waals surface area (Å²) < 4.78 is 0. The first-order valence-electron chi connectivity index (χ1n) is 11.9. The minimum atomic E-state index is -0.936. The summed E-state index contributed by atoms with van der Waals surface area (Å²) in [4.78, 5) is 31.0. The molecule has 10 heteroatoms. The number of hydrogen-bond donors (Lipinski definition) is 2. The van der Waals surface area contributed by atoms with E-state index in [1.165, 1.54) is 33.2 Å². The van der Waals surface area contributed by atoms with E-state index in [1.54, 1.807) is 12.1 Å². The molecule has 2 N–H and O–H groups in total. The van der Waals surface area contributed by atoms with E-state index in [9.17, 15) is 14.7 Å². The highest BCUT2D eigenvalue weighted by atomic mass is 32.1. The standard InChI is InChI=1S/C27H30N6O3S/c1-18-7-9-20(10-8-18)25-29-31-33(30-25)17-23(35)32(16-22-6-5-15-37-22)24(26(36)28-27(2,3)4)19-11-13-21(34)14-12-19/h5-15,24,34H,16-17H2,1-4H3,(H,28,36)/t24-/m1/s1. The predicted octanol–water partition coefficient (Wildman–Crippen LogP) is 4.10. The van der Waals surface area contributed by atoms with Crippen LogP contribution in [0.1, 0.15) is 42.8 Å². The normalized spacial score (nSPS) is 12.2. The highest BCUT2D eigenvalue weighted by Crippen LogP contribution is 2.27. The zero-order chi connectivity index (χ0) is 26.6. The molecular formula is C27H30N6O3S. The van der Waals surface area contributed by atoms with Gasteiger partial charge in [-0.1, -0.05) is 48.0 Å². The lowest BCUT2D eigenvalue weighted by molar-refractivity contribution is -0.143. The molecule has 0 aliphatic rings. The Morgan fingerprint density at radius 1 is 1.08 bits per heavy atom. The molecule has 4 aromatic rings. The minimum Gasteiger partial charge on any atom is -0.508 e. The number of phenols is 1. The largest absolute Gasteiger partial charge is 0.508 e. The van der Waals surface area contributed by atoms with Crippen molar-refractivity contribution >= 4 is 23.2 Å². The fourth-order valence-corrected chi connectivity index (χ4v) is 4.50. The Bertz CT molecular complexity index is 1340. The molecule has 0 saturated carbocycles. The third-order valence-electron chi connectivity index (χ3n) is 5.53. The van der Waals surface area contributed by atoms with Crippen molar-refractivity contribution < 1.29 is 14.7 Å². The van der Waals surface area contributed by atoms with Gasteiger partial charge in [0.05, 0.1) is 6.54 Å². The van der Waals surface area contributed by atoms with Gasteiger partial charge in [-0.15, -0.1) is 21.5 Å². The zero-order valence-corrected chi connectivity index (χ0v) is 22.1. The van der Waals surface area contributed by atoms with Crippen LogP contribution in [-0.2, 0) is 22.7 Å². The lowest BCUT2D eigenvalue weighted by Crippen LogP contribution is -2.49. The van der Waals surface area contributed by atoms with E-state index < -0.39 is 11.6 Å². The van der Waals surface area contributed by atoms with Crippen molar-refractivity contribution in [2.24, 2.45) is 0 Å². The molecule has 2 aromatic heterocycles. The molecule has 192 valence electrons. The third kappa shape index (κ3) is 6.79. The Balaban J connectivity index is 1.66. The highest BCUT2D eigenvalue weighted by Gasteiger charge is 2.34. The molecule has 9 nitrogen and oxygen atoms in total. The van der Waals surface area contributed by atoms with Gasteiger partial charge in [0.15, 0.2) is 0 Å². The number of hydrogen-bond acceptors (Lipinski definition) is 7. The van der Waals surface area contributed by atoms with Crippen molar-refractivity contribution in [3.8, 4) is 17.1 Å². The first-order valence-corrected chi connectivity index (χ1v) is 12.7. The van der Waals surface area contributed by atoms with Crippen LogP contribution < -0.4 is 5.32 Å². The molecule has 37 heavy (non-hydrogen) atoms. The zero-order valence-electron chi connectivity index (χ0n) is 21.3. The Kier molecular flexibility index (Phi) is 7.68. The van der Waals surface area contributed by atoms with E-state index in [1.807, 2.05) is 69.5 Å². The van der Waals surface area contributed by atoms with Crippen LogP contribution in [0.5, 0.6) is 5.75 Å². The number of nitrogens with zero attached hydrogens (tertiary/aromatic N) is 5. The number of carbonyl (C=O) groups is 2. The molecule has 0 bridgehead atoms. The van der Waals surface area contributed by atoms with Crippen molar-refractivity contribution in [3.05, 3.63) is 82.0 Å². The van der Waals surface area contributed by atoms with Gasteiger partial charge in [-0.05, 0) is 62.1 Å². The Morgan fingerprint density at radius 3 is 2.41 bits per heavy atom. The quantitative estimate of drug-likeness (QED) is 0.363. The molecule has 0 aliphatic heterocycles. The maximum absolute atomic E-state index is 13.8. The molecule has 0 spiro atoms. The van der Waals surface area contributed by atoms with Gasteiger partial charge in [-0.2, -0.15) is 4.80 Å². The number of nitrogens with one attached hydrogen (secondary N) is 1. The van der Waals surface area contributed by atoms with Gasteiger partial charge < -0.3 is 15.3 Å². The maximum Gasteiger partial charge on any atom is 0.247 e. The summed E-state index contributed by atoms with van der Waals surface area (Å²) in [6.45, 7) is 7.68. The second kappa shape index (κ2) is 10.9. The third-order valence-corrected chi connectivity index (χ3v) is 6.39. The van der Waals surface area contributed by atoms with Gasteiger partial charge in [0.1, 0.15) is 18.3 Å². The first-order chi connectivity index (χ1) is 17.6. The number of rotatable bonds is 8. The van der Waals surface area contributed by atoms with Crippen LogP contribution >= 0.6 is 11.3 Å². The number of carbonyl (C=O) groups excluding carboxylic acids is 2. The van der Waals surface area contributed by atoms with Crippen LogP contribution in [0, 0.1) is 6.92 Å². The van der Waals surface area contributed by atoms with E-state index in [-0.39, 0.29) is 30.7 Å². The molecule has 0 unspecified atom stereocenters. The second-order valence-corrected chi connectivity index (χ2v) is 10.9. The number of aromatic hydroxyl groups is 1. The number of aromatic nitrogens is 4. The van der Waals surface area contributed by atoms with Crippen LogP contribution in [0.3, 0.4) is 0 Å². The first kappa shape index (κ1) is 26.0. The molecule has 0 saturated heterocycles. The van der Waals surface area contributed by atoms with Crippen molar-refractivity contribution in [2.45, 2.75) is 52.4 Å². The Hall–Kier alpha value is -4.05. The van der Waals surface area contributed by atoms with Gasteiger partial charge in [0, 0.05) is 16.0 Å². The van der Waals surface area contributed by atoms with E-state index >= 15 is 0 Å². The van der Waals surface area contributed by atoms with Gasteiger partial charge in [0.2, 0.25) is 17.6 Å².